The van der Waals surface area contributed by atoms with Crippen molar-refractivity contribution in [1.82, 2.24) is 29.2 Å². The largest absolute Gasteiger partial charge is 0.396 e. The van der Waals surface area contributed by atoms with Crippen molar-refractivity contribution < 1.29 is 10.2 Å². The molecule has 4 rings (SSSR count). The SMILES string of the molecule is N#CCC1(n2cc(-c3ncnc4c3ccn4CCCCO)cn2)CN(CCCCO)C1. The quantitative estimate of drug-likeness (QED) is 0.452. The second kappa shape index (κ2) is 9.56. The molecule has 0 atom stereocenters. The first kappa shape index (κ1) is 21.4. The molecule has 0 saturated carbocycles. The highest BCUT2D eigenvalue weighted by atomic mass is 16.3. The maximum absolute atomic E-state index is 9.40. The number of nitriles is 1. The monoisotopic (exact) mass is 423 g/mol. The van der Waals surface area contributed by atoms with Gasteiger partial charge in [0.15, 0.2) is 0 Å². The first-order valence-corrected chi connectivity index (χ1v) is 10.9. The number of rotatable bonds is 11. The van der Waals surface area contributed by atoms with Crippen molar-refractivity contribution in [2.45, 2.75) is 44.2 Å². The van der Waals surface area contributed by atoms with Crippen molar-refractivity contribution in [3.63, 3.8) is 0 Å². The Morgan fingerprint density at radius 3 is 2.58 bits per heavy atom. The second-order valence-electron chi connectivity index (χ2n) is 8.27. The molecule has 0 aliphatic carbocycles. The van der Waals surface area contributed by atoms with Gasteiger partial charge in [-0.05, 0) is 38.3 Å². The third-order valence-electron chi connectivity index (χ3n) is 6.03. The van der Waals surface area contributed by atoms with Crippen LogP contribution in [0.25, 0.3) is 22.3 Å². The Morgan fingerprint density at radius 1 is 1.06 bits per heavy atom. The van der Waals surface area contributed by atoms with Crippen LogP contribution in [0.15, 0.2) is 31.0 Å². The number of nitrogens with zero attached hydrogens (tertiary/aromatic N) is 7. The van der Waals surface area contributed by atoms with Crippen LogP contribution < -0.4 is 0 Å². The molecule has 1 aliphatic rings. The highest BCUT2D eigenvalue weighted by Crippen LogP contribution is 2.34. The predicted molar refractivity (Wildman–Crippen MR) is 116 cm³/mol. The van der Waals surface area contributed by atoms with Crippen molar-refractivity contribution in [2.75, 3.05) is 32.8 Å². The van der Waals surface area contributed by atoms with Gasteiger partial charge in [0.1, 0.15) is 17.5 Å². The summed E-state index contributed by atoms with van der Waals surface area (Å²) < 4.78 is 4.02. The van der Waals surface area contributed by atoms with Gasteiger partial charge in [-0.15, -0.1) is 0 Å². The van der Waals surface area contributed by atoms with Crippen LogP contribution in [-0.4, -0.2) is 72.3 Å². The van der Waals surface area contributed by atoms with Gasteiger partial charge in [-0.1, -0.05) is 0 Å². The maximum atomic E-state index is 9.40. The predicted octanol–water partition coefficient (Wildman–Crippen LogP) is 1.76. The molecular formula is C22H29N7O2. The van der Waals surface area contributed by atoms with E-state index in [4.69, 9.17) is 10.2 Å². The van der Waals surface area contributed by atoms with Crippen LogP contribution in [-0.2, 0) is 12.1 Å². The van der Waals surface area contributed by atoms with Gasteiger partial charge < -0.3 is 14.8 Å². The minimum atomic E-state index is -0.311. The standard InChI is InChI=1S/C22H29N7O2/c23-7-6-22(15-27(16-22)8-1-3-11-30)29-14-18(13-26-29)20-19-5-10-28(9-2-4-12-31)21(19)25-17-24-20/h5,10,13-14,17,30-31H,1-4,6,8-9,11-12,15-16H2. The summed E-state index contributed by atoms with van der Waals surface area (Å²) in [5.41, 5.74) is 2.32. The fourth-order valence-electron chi connectivity index (χ4n) is 4.39. The van der Waals surface area contributed by atoms with Crippen molar-refractivity contribution in [3.05, 3.63) is 31.0 Å². The van der Waals surface area contributed by atoms with Crippen LogP contribution >= 0.6 is 0 Å². The van der Waals surface area contributed by atoms with E-state index < -0.39 is 0 Å². The van der Waals surface area contributed by atoms with Crippen molar-refractivity contribution in [2.24, 2.45) is 0 Å². The highest BCUT2D eigenvalue weighted by molar-refractivity contribution is 5.90. The van der Waals surface area contributed by atoms with Gasteiger partial charge in [-0.25, -0.2) is 9.97 Å². The Labute approximate surface area is 181 Å². The molecule has 0 bridgehead atoms. The van der Waals surface area contributed by atoms with Gasteiger partial charge in [0.2, 0.25) is 0 Å². The summed E-state index contributed by atoms with van der Waals surface area (Å²) in [5, 5.41) is 33.0. The third-order valence-corrected chi connectivity index (χ3v) is 6.03. The molecule has 31 heavy (non-hydrogen) atoms. The topological polar surface area (TPSA) is 116 Å². The van der Waals surface area contributed by atoms with Crippen molar-refractivity contribution >= 4 is 11.0 Å². The second-order valence-corrected chi connectivity index (χ2v) is 8.27. The molecule has 4 heterocycles. The molecule has 1 fully saturated rings. The molecule has 164 valence electrons. The van der Waals surface area contributed by atoms with E-state index in [9.17, 15) is 5.26 Å². The summed E-state index contributed by atoms with van der Waals surface area (Å²) in [5.74, 6) is 0. The Bertz CT molecular complexity index is 1050. The average Bonchev–Trinajstić information content (AvgIpc) is 3.40. The van der Waals surface area contributed by atoms with Crippen LogP contribution in [0.5, 0.6) is 0 Å². The van der Waals surface area contributed by atoms with Crippen molar-refractivity contribution in [3.8, 4) is 17.3 Å². The first-order valence-electron chi connectivity index (χ1n) is 10.9. The van der Waals surface area contributed by atoms with Crippen LogP contribution in [0.4, 0.5) is 0 Å². The van der Waals surface area contributed by atoms with Gasteiger partial charge in [0, 0.05) is 56.2 Å². The normalized spacial score (nSPS) is 15.8. The van der Waals surface area contributed by atoms with Gasteiger partial charge in [-0.2, -0.15) is 10.4 Å². The van der Waals surface area contributed by atoms with E-state index in [0.29, 0.717) is 6.42 Å². The summed E-state index contributed by atoms with van der Waals surface area (Å²) in [6.07, 6.45) is 11.2. The summed E-state index contributed by atoms with van der Waals surface area (Å²) in [6.45, 7) is 3.72. The number of likely N-dealkylation sites (tertiary alicyclic amines) is 1. The van der Waals surface area contributed by atoms with Gasteiger partial charge in [0.05, 0.1) is 24.4 Å². The molecule has 3 aromatic heterocycles. The van der Waals surface area contributed by atoms with E-state index in [1.54, 1.807) is 6.33 Å². The molecule has 3 aromatic rings. The Balaban J connectivity index is 1.54. The van der Waals surface area contributed by atoms with E-state index in [2.05, 4.69) is 30.6 Å². The molecular weight excluding hydrogens is 394 g/mol. The van der Waals surface area contributed by atoms with Crippen molar-refractivity contribution in [1.29, 1.82) is 5.26 Å². The van der Waals surface area contributed by atoms with Gasteiger partial charge >= 0.3 is 0 Å². The van der Waals surface area contributed by atoms with E-state index in [1.165, 1.54) is 0 Å². The zero-order chi connectivity index (χ0) is 21.7. The van der Waals surface area contributed by atoms with Gasteiger partial charge in [-0.3, -0.25) is 9.58 Å². The fourth-order valence-corrected chi connectivity index (χ4v) is 4.39. The van der Waals surface area contributed by atoms with Crippen LogP contribution in [0.2, 0.25) is 0 Å². The number of unbranched alkanes of at least 4 members (excludes halogenated alkanes) is 2. The average molecular weight is 424 g/mol. The fraction of sp³-hybridized carbons (Fsp3) is 0.545. The number of aliphatic hydroxyl groups is 2. The molecule has 2 N–H and O–H groups in total. The summed E-state index contributed by atoms with van der Waals surface area (Å²) in [6, 6.07) is 4.35. The lowest BCUT2D eigenvalue weighted by Gasteiger charge is -2.49. The van der Waals surface area contributed by atoms with E-state index in [-0.39, 0.29) is 18.8 Å². The summed E-state index contributed by atoms with van der Waals surface area (Å²) in [7, 11) is 0. The molecule has 0 amide bonds. The number of aromatic nitrogens is 5. The zero-order valence-electron chi connectivity index (χ0n) is 17.7. The van der Waals surface area contributed by atoms with E-state index in [1.807, 2.05) is 29.3 Å². The summed E-state index contributed by atoms with van der Waals surface area (Å²) in [4.78, 5) is 11.3. The zero-order valence-corrected chi connectivity index (χ0v) is 17.7. The lowest BCUT2D eigenvalue weighted by atomic mass is 9.86. The molecule has 0 spiro atoms. The molecule has 1 saturated heterocycles. The highest BCUT2D eigenvalue weighted by Gasteiger charge is 2.45. The molecule has 9 heteroatoms. The number of aryl methyl sites for hydroxylation is 1. The Morgan fingerprint density at radius 2 is 1.84 bits per heavy atom. The van der Waals surface area contributed by atoms with Crippen LogP contribution in [0.1, 0.15) is 32.1 Å². The maximum Gasteiger partial charge on any atom is 0.143 e. The van der Waals surface area contributed by atoms with E-state index >= 15 is 0 Å². The lowest BCUT2D eigenvalue weighted by Crippen LogP contribution is -2.62. The minimum absolute atomic E-state index is 0.196. The third kappa shape index (κ3) is 4.32. The smallest absolute Gasteiger partial charge is 0.143 e. The van der Waals surface area contributed by atoms with Gasteiger partial charge in [0.25, 0.3) is 0 Å². The first-order chi connectivity index (χ1) is 15.2. The molecule has 0 radical (unpaired) electrons. The molecule has 0 aromatic carbocycles. The minimum Gasteiger partial charge on any atom is -0.396 e. The molecule has 9 nitrogen and oxygen atoms in total. The number of hydrogen-bond donors (Lipinski definition) is 2. The van der Waals surface area contributed by atoms with E-state index in [0.717, 1.165) is 74.2 Å². The molecule has 1 aliphatic heterocycles. The Kier molecular flexibility index (Phi) is 6.61. The van der Waals surface area contributed by atoms with Crippen LogP contribution in [0, 0.1) is 11.3 Å². The van der Waals surface area contributed by atoms with Crippen LogP contribution in [0.3, 0.4) is 0 Å². The molecule has 0 unspecified atom stereocenters. The number of fused-ring (bicyclic) bond motifs is 1. The summed E-state index contributed by atoms with van der Waals surface area (Å²) >= 11 is 0. The lowest BCUT2D eigenvalue weighted by molar-refractivity contribution is 0.00371. The number of hydrogen-bond acceptors (Lipinski definition) is 7. The Hall–Kier alpha value is -2.80. The number of aliphatic hydroxyl groups excluding tert-OH is 2.